The number of carbonyl (C=O) groups excluding carboxylic acids is 3. The smallest absolute Gasteiger partial charge is 0.412 e. The molecule has 0 spiro atoms. The third-order valence-corrected chi connectivity index (χ3v) is 6.08. The Morgan fingerprint density at radius 3 is 2.09 bits per heavy atom. The van der Waals surface area contributed by atoms with Crippen LogP contribution < -0.4 is 5.32 Å². The molecule has 1 saturated heterocycles. The van der Waals surface area contributed by atoms with Crippen molar-refractivity contribution >= 4 is 34.4 Å². The maximum absolute atomic E-state index is 13.4. The molecule has 0 atom stereocenters. The van der Waals surface area contributed by atoms with E-state index in [1.165, 1.54) is 0 Å². The van der Waals surface area contributed by atoms with Crippen molar-refractivity contribution in [3.05, 3.63) is 42.0 Å². The quantitative estimate of drug-likeness (QED) is 0.778. The molecule has 0 aromatic heterocycles. The van der Waals surface area contributed by atoms with Gasteiger partial charge < -0.3 is 14.5 Å². The van der Waals surface area contributed by atoms with Crippen molar-refractivity contribution in [1.29, 1.82) is 0 Å². The number of ether oxygens (including phenoxy) is 1. The van der Waals surface area contributed by atoms with Crippen LogP contribution in [0.4, 0.5) is 10.5 Å². The van der Waals surface area contributed by atoms with Crippen LogP contribution in [0.2, 0.25) is 0 Å². The van der Waals surface area contributed by atoms with Gasteiger partial charge in [0.15, 0.2) is 0 Å². The normalized spacial score (nSPS) is 17.1. The highest BCUT2D eigenvalue weighted by molar-refractivity contribution is 6.07. The van der Waals surface area contributed by atoms with Gasteiger partial charge in [0.25, 0.3) is 5.91 Å². The summed E-state index contributed by atoms with van der Waals surface area (Å²) in [5, 5.41) is 4.61. The van der Waals surface area contributed by atoms with Crippen molar-refractivity contribution < 1.29 is 19.1 Å². The summed E-state index contributed by atoms with van der Waals surface area (Å²) in [5.41, 5.74) is 0.207. The van der Waals surface area contributed by atoms with E-state index in [2.05, 4.69) is 5.32 Å². The van der Waals surface area contributed by atoms with Crippen LogP contribution in [0.1, 0.15) is 50.4 Å². The summed E-state index contributed by atoms with van der Waals surface area (Å²) in [6.45, 7) is 7.44. The zero-order valence-electron chi connectivity index (χ0n) is 19.0. The van der Waals surface area contributed by atoms with E-state index in [4.69, 9.17) is 4.74 Å². The van der Waals surface area contributed by atoms with E-state index in [0.29, 0.717) is 37.4 Å². The van der Waals surface area contributed by atoms with Crippen molar-refractivity contribution in [3.63, 3.8) is 0 Å². The molecule has 1 aliphatic heterocycles. The number of hydrogen-bond acceptors (Lipinski definition) is 4. The Kier molecular flexibility index (Phi) is 6.09. The minimum Gasteiger partial charge on any atom is -0.444 e. The Morgan fingerprint density at radius 1 is 0.938 bits per heavy atom. The zero-order chi connectivity index (χ0) is 22.9. The van der Waals surface area contributed by atoms with Gasteiger partial charge in [0.1, 0.15) is 5.60 Å². The second kappa shape index (κ2) is 8.81. The van der Waals surface area contributed by atoms with E-state index in [1.807, 2.05) is 41.3 Å². The van der Waals surface area contributed by atoms with Crippen molar-refractivity contribution in [1.82, 2.24) is 9.80 Å². The minimum absolute atomic E-state index is 0.155. The van der Waals surface area contributed by atoms with Gasteiger partial charge in [-0.15, -0.1) is 0 Å². The van der Waals surface area contributed by atoms with E-state index < -0.39 is 11.7 Å². The van der Waals surface area contributed by atoms with Gasteiger partial charge in [0.05, 0.1) is 11.3 Å². The molecule has 0 bridgehead atoms. The van der Waals surface area contributed by atoms with Crippen LogP contribution >= 0.6 is 0 Å². The molecule has 2 aromatic rings. The van der Waals surface area contributed by atoms with E-state index >= 15 is 0 Å². The van der Waals surface area contributed by atoms with Gasteiger partial charge in [-0.25, -0.2) is 4.79 Å². The number of nitrogens with zero attached hydrogens (tertiary/aromatic N) is 2. The number of nitrogens with one attached hydrogen (secondary N) is 1. The van der Waals surface area contributed by atoms with E-state index in [9.17, 15) is 14.4 Å². The Balaban J connectivity index is 1.53. The number of rotatable bonds is 3. The van der Waals surface area contributed by atoms with Crippen molar-refractivity contribution in [2.45, 2.75) is 45.6 Å². The molecule has 1 aliphatic carbocycles. The highest BCUT2D eigenvalue weighted by Crippen LogP contribution is 2.29. The Hall–Kier alpha value is -3.09. The molecule has 3 amide bonds. The van der Waals surface area contributed by atoms with E-state index in [0.717, 1.165) is 30.0 Å². The van der Waals surface area contributed by atoms with Crippen molar-refractivity contribution in [2.75, 3.05) is 31.5 Å². The first-order valence-corrected chi connectivity index (χ1v) is 11.3. The highest BCUT2D eigenvalue weighted by atomic mass is 16.6. The second-order valence-electron chi connectivity index (χ2n) is 9.62. The fourth-order valence-corrected chi connectivity index (χ4v) is 4.15. The topological polar surface area (TPSA) is 79.0 Å². The molecule has 32 heavy (non-hydrogen) atoms. The predicted molar refractivity (Wildman–Crippen MR) is 124 cm³/mol. The number of benzene rings is 2. The fourth-order valence-electron chi connectivity index (χ4n) is 4.15. The first kappa shape index (κ1) is 22.1. The van der Waals surface area contributed by atoms with E-state index in [-0.39, 0.29) is 17.7 Å². The summed E-state index contributed by atoms with van der Waals surface area (Å²) < 4.78 is 5.39. The van der Waals surface area contributed by atoms with E-state index in [1.54, 1.807) is 25.7 Å². The second-order valence-corrected chi connectivity index (χ2v) is 9.62. The lowest BCUT2D eigenvalue weighted by atomic mass is 9.84. The number of hydrogen-bond donors (Lipinski definition) is 1. The van der Waals surface area contributed by atoms with Gasteiger partial charge in [-0.05, 0) is 56.5 Å². The lowest BCUT2D eigenvalue weighted by Gasteiger charge is -2.38. The average Bonchev–Trinajstić information content (AvgIpc) is 2.70. The predicted octanol–water partition coefficient (Wildman–Crippen LogP) is 4.27. The number of fused-ring (bicyclic) bond motifs is 1. The SMILES string of the molecule is CC(C)(C)OC(=O)Nc1cc2ccccc2cc1C(=O)N1CCN(C(=O)C2CCC2)CC1. The van der Waals surface area contributed by atoms with Crippen LogP contribution in [0.5, 0.6) is 0 Å². The first-order valence-electron chi connectivity index (χ1n) is 11.3. The Labute approximate surface area is 188 Å². The van der Waals surface area contributed by atoms with Crippen molar-refractivity contribution in [3.8, 4) is 0 Å². The third kappa shape index (κ3) is 4.87. The standard InChI is InChI=1S/C25H31N3O4/c1-25(2,3)32-24(31)26-21-16-19-8-5-4-7-18(19)15-20(21)23(30)28-13-11-27(12-14-28)22(29)17-9-6-10-17/h4-5,7-8,15-17H,6,9-14H2,1-3H3,(H,26,31). The van der Waals surface area contributed by atoms with Crippen LogP contribution in [0.25, 0.3) is 10.8 Å². The van der Waals surface area contributed by atoms with Crippen LogP contribution in [-0.2, 0) is 9.53 Å². The molecule has 2 aromatic carbocycles. The highest BCUT2D eigenvalue weighted by Gasteiger charge is 2.32. The summed E-state index contributed by atoms with van der Waals surface area (Å²) in [5.74, 6) is 0.237. The van der Waals surface area contributed by atoms with Gasteiger partial charge in [-0.1, -0.05) is 30.7 Å². The summed E-state index contributed by atoms with van der Waals surface area (Å²) >= 11 is 0. The summed E-state index contributed by atoms with van der Waals surface area (Å²) in [6, 6.07) is 11.3. The van der Waals surface area contributed by atoms with Crippen LogP contribution in [0.15, 0.2) is 36.4 Å². The summed E-state index contributed by atoms with van der Waals surface area (Å²) in [6.07, 6.45) is 2.49. The number of amides is 3. The third-order valence-electron chi connectivity index (χ3n) is 6.08. The van der Waals surface area contributed by atoms with Crippen LogP contribution in [0, 0.1) is 5.92 Å². The van der Waals surface area contributed by atoms with Gasteiger partial charge in [0, 0.05) is 32.1 Å². The molecule has 0 radical (unpaired) electrons. The van der Waals surface area contributed by atoms with Gasteiger partial charge in [0.2, 0.25) is 5.91 Å². The van der Waals surface area contributed by atoms with Gasteiger partial charge in [-0.2, -0.15) is 0 Å². The first-order chi connectivity index (χ1) is 15.2. The molecule has 7 heteroatoms. The average molecular weight is 438 g/mol. The Morgan fingerprint density at radius 2 is 1.53 bits per heavy atom. The van der Waals surface area contributed by atoms with Crippen LogP contribution in [-0.4, -0.2) is 59.5 Å². The minimum atomic E-state index is -0.644. The molecular weight excluding hydrogens is 406 g/mol. The lowest BCUT2D eigenvalue weighted by Crippen LogP contribution is -2.52. The molecule has 2 fully saturated rings. The maximum Gasteiger partial charge on any atom is 0.412 e. The molecule has 1 heterocycles. The number of carbonyl (C=O) groups is 3. The summed E-state index contributed by atoms with van der Waals surface area (Å²) in [7, 11) is 0. The number of anilines is 1. The molecule has 170 valence electrons. The van der Waals surface area contributed by atoms with Gasteiger partial charge in [-0.3, -0.25) is 14.9 Å². The zero-order valence-corrected chi connectivity index (χ0v) is 19.0. The molecule has 2 aliphatic rings. The molecular formula is C25H31N3O4. The van der Waals surface area contributed by atoms with Gasteiger partial charge >= 0.3 is 6.09 Å². The van der Waals surface area contributed by atoms with Crippen LogP contribution in [0.3, 0.4) is 0 Å². The monoisotopic (exact) mass is 437 g/mol. The lowest BCUT2D eigenvalue weighted by molar-refractivity contribution is -0.139. The fraction of sp³-hybridized carbons (Fsp3) is 0.480. The number of piperazine rings is 1. The molecule has 1 saturated carbocycles. The van der Waals surface area contributed by atoms with Crippen molar-refractivity contribution in [2.24, 2.45) is 5.92 Å². The largest absolute Gasteiger partial charge is 0.444 e. The molecule has 4 rings (SSSR count). The Bertz CT molecular complexity index is 1030. The maximum atomic E-state index is 13.4. The molecule has 0 unspecified atom stereocenters. The summed E-state index contributed by atoms with van der Waals surface area (Å²) in [4.78, 5) is 42.0. The molecule has 1 N–H and O–H groups in total. The molecule has 7 nitrogen and oxygen atoms in total.